The highest BCUT2D eigenvalue weighted by atomic mass is 32.2. The number of oxazole rings is 1. The Morgan fingerprint density at radius 2 is 2.43 bits per heavy atom. The van der Waals surface area contributed by atoms with Crippen LogP contribution in [0.2, 0.25) is 0 Å². The third-order valence-electron chi connectivity index (χ3n) is 1.85. The molecule has 0 atom stereocenters. The van der Waals surface area contributed by atoms with Gasteiger partial charge in [-0.3, -0.25) is 0 Å². The van der Waals surface area contributed by atoms with Gasteiger partial charge in [0, 0.05) is 5.75 Å². The molecular formula is C11H11NOS. The molecule has 14 heavy (non-hydrogen) atoms. The molecule has 0 aliphatic carbocycles. The molecule has 0 unspecified atom stereocenters. The van der Waals surface area contributed by atoms with Gasteiger partial charge in [-0.1, -0.05) is 23.9 Å². The third-order valence-corrected chi connectivity index (χ3v) is 2.67. The van der Waals surface area contributed by atoms with E-state index in [9.17, 15) is 0 Å². The van der Waals surface area contributed by atoms with E-state index in [0.29, 0.717) is 5.22 Å². The van der Waals surface area contributed by atoms with Crippen molar-refractivity contribution >= 4 is 22.9 Å². The van der Waals surface area contributed by atoms with Crippen LogP contribution in [0.3, 0.4) is 0 Å². The fourth-order valence-electron chi connectivity index (χ4n) is 1.20. The molecule has 0 bridgehead atoms. The average Bonchev–Trinajstić information content (AvgIpc) is 2.56. The highest BCUT2D eigenvalue weighted by molar-refractivity contribution is 7.99. The molecule has 0 saturated carbocycles. The van der Waals surface area contributed by atoms with Gasteiger partial charge in [0.1, 0.15) is 5.52 Å². The Labute approximate surface area is 87.0 Å². The lowest BCUT2D eigenvalue weighted by molar-refractivity contribution is 0.489. The van der Waals surface area contributed by atoms with E-state index in [4.69, 9.17) is 4.42 Å². The molecule has 1 aromatic carbocycles. The standard InChI is InChI=1S/C11H11NOS/c1-3-6-14-11-12-9-5-4-8(2)7-10(9)13-11/h3-5,7H,1,6H2,2H3. The van der Waals surface area contributed by atoms with Gasteiger partial charge in [-0.25, -0.2) is 4.98 Å². The Balaban J connectivity index is 2.36. The molecule has 0 N–H and O–H groups in total. The molecule has 0 radical (unpaired) electrons. The van der Waals surface area contributed by atoms with Crippen LogP contribution in [0.4, 0.5) is 0 Å². The fraction of sp³-hybridized carbons (Fsp3) is 0.182. The van der Waals surface area contributed by atoms with Gasteiger partial charge in [-0.15, -0.1) is 6.58 Å². The summed E-state index contributed by atoms with van der Waals surface area (Å²) in [6, 6.07) is 6.01. The van der Waals surface area contributed by atoms with Gasteiger partial charge in [0.25, 0.3) is 5.22 Å². The maximum absolute atomic E-state index is 5.56. The molecule has 0 saturated heterocycles. The summed E-state index contributed by atoms with van der Waals surface area (Å²) in [5.41, 5.74) is 2.97. The smallest absolute Gasteiger partial charge is 0.257 e. The van der Waals surface area contributed by atoms with Gasteiger partial charge >= 0.3 is 0 Å². The van der Waals surface area contributed by atoms with Gasteiger partial charge in [0.15, 0.2) is 5.58 Å². The summed E-state index contributed by atoms with van der Waals surface area (Å²) >= 11 is 1.56. The van der Waals surface area contributed by atoms with Crippen molar-refractivity contribution in [1.29, 1.82) is 0 Å². The Hall–Kier alpha value is -1.22. The molecule has 72 valence electrons. The van der Waals surface area contributed by atoms with Crippen molar-refractivity contribution in [2.24, 2.45) is 0 Å². The molecule has 0 aliphatic rings. The molecule has 2 aromatic rings. The average molecular weight is 205 g/mol. The first kappa shape index (κ1) is 9.34. The van der Waals surface area contributed by atoms with Crippen molar-refractivity contribution in [3.63, 3.8) is 0 Å². The van der Waals surface area contributed by atoms with Gasteiger partial charge in [-0.05, 0) is 24.6 Å². The quantitative estimate of drug-likeness (QED) is 0.567. The van der Waals surface area contributed by atoms with Crippen LogP contribution in [-0.4, -0.2) is 10.7 Å². The van der Waals surface area contributed by atoms with E-state index in [1.807, 2.05) is 31.2 Å². The molecule has 2 nitrogen and oxygen atoms in total. The van der Waals surface area contributed by atoms with E-state index in [2.05, 4.69) is 11.6 Å². The lowest BCUT2D eigenvalue weighted by Gasteiger charge is -1.88. The molecule has 2 rings (SSSR count). The molecule has 3 heteroatoms. The normalized spacial score (nSPS) is 10.6. The zero-order valence-corrected chi connectivity index (χ0v) is 8.80. The monoisotopic (exact) mass is 205 g/mol. The van der Waals surface area contributed by atoms with Crippen LogP contribution in [0, 0.1) is 6.92 Å². The van der Waals surface area contributed by atoms with Crippen LogP contribution in [0.15, 0.2) is 40.5 Å². The Kier molecular flexibility index (Phi) is 2.59. The van der Waals surface area contributed by atoms with Crippen molar-refractivity contribution < 1.29 is 4.42 Å². The van der Waals surface area contributed by atoms with Gasteiger partial charge < -0.3 is 4.42 Å². The van der Waals surface area contributed by atoms with E-state index >= 15 is 0 Å². The van der Waals surface area contributed by atoms with E-state index < -0.39 is 0 Å². The van der Waals surface area contributed by atoms with E-state index in [1.165, 1.54) is 5.56 Å². The maximum atomic E-state index is 5.56. The van der Waals surface area contributed by atoms with Crippen molar-refractivity contribution in [1.82, 2.24) is 4.98 Å². The second-order valence-electron chi connectivity index (χ2n) is 3.05. The summed E-state index contributed by atoms with van der Waals surface area (Å²) in [6.45, 7) is 5.69. The second-order valence-corrected chi connectivity index (χ2v) is 4.02. The van der Waals surface area contributed by atoms with Gasteiger partial charge in [0.2, 0.25) is 0 Å². The number of hydrogen-bond acceptors (Lipinski definition) is 3. The summed E-state index contributed by atoms with van der Waals surface area (Å²) in [5.74, 6) is 0.825. The Morgan fingerprint density at radius 3 is 3.21 bits per heavy atom. The lowest BCUT2D eigenvalue weighted by Crippen LogP contribution is -1.72. The van der Waals surface area contributed by atoms with Crippen LogP contribution >= 0.6 is 11.8 Å². The predicted molar refractivity (Wildman–Crippen MR) is 59.7 cm³/mol. The number of fused-ring (bicyclic) bond motifs is 1. The van der Waals surface area contributed by atoms with E-state index in [-0.39, 0.29) is 0 Å². The summed E-state index contributed by atoms with van der Waals surface area (Å²) in [5, 5.41) is 0.713. The zero-order valence-electron chi connectivity index (χ0n) is 7.99. The highest BCUT2D eigenvalue weighted by Crippen LogP contribution is 2.23. The minimum Gasteiger partial charge on any atom is -0.431 e. The first-order valence-electron chi connectivity index (χ1n) is 4.40. The van der Waals surface area contributed by atoms with Crippen LogP contribution in [0.5, 0.6) is 0 Å². The molecule has 0 amide bonds. The maximum Gasteiger partial charge on any atom is 0.257 e. The third kappa shape index (κ3) is 1.82. The van der Waals surface area contributed by atoms with Crippen molar-refractivity contribution in [2.45, 2.75) is 12.1 Å². The highest BCUT2D eigenvalue weighted by Gasteiger charge is 2.04. The molecule has 1 aromatic heterocycles. The SMILES string of the molecule is C=CCSc1nc2ccc(C)cc2o1. The van der Waals surface area contributed by atoms with Crippen molar-refractivity contribution in [3.8, 4) is 0 Å². The number of aryl methyl sites for hydroxylation is 1. The molecular weight excluding hydrogens is 194 g/mol. The Bertz CT molecular complexity index is 461. The molecule has 0 spiro atoms. The van der Waals surface area contributed by atoms with Crippen LogP contribution < -0.4 is 0 Å². The topological polar surface area (TPSA) is 26.0 Å². The minimum atomic E-state index is 0.713. The van der Waals surface area contributed by atoms with E-state index in [1.54, 1.807) is 11.8 Å². The molecule has 0 fully saturated rings. The minimum absolute atomic E-state index is 0.713. The van der Waals surface area contributed by atoms with Crippen LogP contribution in [0.25, 0.3) is 11.1 Å². The number of nitrogens with zero attached hydrogens (tertiary/aromatic N) is 1. The fourth-order valence-corrected chi connectivity index (χ4v) is 1.77. The zero-order chi connectivity index (χ0) is 9.97. The number of aromatic nitrogens is 1. The second kappa shape index (κ2) is 3.88. The van der Waals surface area contributed by atoms with Crippen molar-refractivity contribution in [3.05, 3.63) is 36.4 Å². The predicted octanol–water partition coefficient (Wildman–Crippen LogP) is 3.41. The first-order valence-corrected chi connectivity index (χ1v) is 5.39. The van der Waals surface area contributed by atoms with Crippen LogP contribution in [0.1, 0.15) is 5.56 Å². The molecule has 0 aliphatic heterocycles. The summed E-state index contributed by atoms with van der Waals surface area (Å²) in [6.07, 6.45) is 1.84. The van der Waals surface area contributed by atoms with Crippen LogP contribution in [-0.2, 0) is 0 Å². The largest absolute Gasteiger partial charge is 0.431 e. The summed E-state index contributed by atoms with van der Waals surface area (Å²) < 4.78 is 5.56. The van der Waals surface area contributed by atoms with E-state index in [0.717, 1.165) is 16.9 Å². The number of benzene rings is 1. The first-order chi connectivity index (χ1) is 6.79. The number of thioether (sulfide) groups is 1. The lowest BCUT2D eigenvalue weighted by atomic mass is 10.2. The summed E-state index contributed by atoms with van der Waals surface area (Å²) in [4.78, 5) is 4.34. The van der Waals surface area contributed by atoms with Crippen molar-refractivity contribution in [2.75, 3.05) is 5.75 Å². The summed E-state index contributed by atoms with van der Waals surface area (Å²) in [7, 11) is 0. The number of hydrogen-bond donors (Lipinski definition) is 0. The Morgan fingerprint density at radius 1 is 1.57 bits per heavy atom. The number of rotatable bonds is 3. The molecule has 1 heterocycles. The van der Waals surface area contributed by atoms with Gasteiger partial charge in [-0.2, -0.15) is 0 Å². The van der Waals surface area contributed by atoms with Gasteiger partial charge in [0.05, 0.1) is 0 Å².